The van der Waals surface area contributed by atoms with Crippen LogP contribution in [0, 0.1) is 55.4 Å². The van der Waals surface area contributed by atoms with Gasteiger partial charge in [-0.25, -0.2) is 0 Å². The SMILES string of the molecule is C=Cc1[c-]cccc1.O.[Eu]. The van der Waals surface area contributed by atoms with Crippen LogP contribution in [0.25, 0.3) is 6.08 Å². The van der Waals surface area contributed by atoms with Crippen molar-refractivity contribution in [2.45, 2.75) is 0 Å². The molecule has 1 rings (SSSR count). The van der Waals surface area contributed by atoms with Crippen molar-refractivity contribution in [3.63, 3.8) is 0 Å². The van der Waals surface area contributed by atoms with Crippen LogP contribution in [-0.2, 0) is 0 Å². The molecule has 55 valence electrons. The molecule has 0 aromatic heterocycles. The maximum Gasteiger partial charge on any atom is 0 e. The van der Waals surface area contributed by atoms with E-state index in [-0.39, 0.29) is 54.9 Å². The third-order valence-electron chi connectivity index (χ3n) is 0.953. The monoisotopic (exact) mass is 274 g/mol. The predicted molar refractivity (Wildman–Crippen MR) is 39.0 cm³/mol. The number of rotatable bonds is 1. The molecule has 0 spiro atoms. The average molecular weight is 273 g/mol. The van der Waals surface area contributed by atoms with E-state index in [9.17, 15) is 0 Å². The van der Waals surface area contributed by atoms with Gasteiger partial charge in [-0.05, 0) is 0 Å². The van der Waals surface area contributed by atoms with E-state index < -0.39 is 0 Å². The molecule has 1 radical (unpaired) electrons. The molecule has 0 aliphatic rings. The minimum absolute atomic E-state index is 0. The zero-order valence-electron chi connectivity index (χ0n) is 5.47. The van der Waals surface area contributed by atoms with Gasteiger partial charge in [0.1, 0.15) is 0 Å². The quantitative estimate of drug-likeness (QED) is 0.691. The molecule has 10 heavy (non-hydrogen) atoms. The van der Waals surface area contributed by atoms with Crippen molar-refractivity contribution in [1.82, 2.24) is 0 Å². The van der Waals surface area contributed by atoms with Gasteiger partial charge in [0, 0.05) is 49.4 Å². The van der Waals surface area contributed by atoms with E-state index in [0.29, 0.717) is 0 Å². The second-order valence-corrected chi connectivity index (χ2v) is 1.52. The van der Waals surface area contributed by atoms with Gasteiger partial charge in [0.05, 0.1) is 0 Å². The largest absolute Gasteiger partial charge is 0.412 e. The van der Waals surface area contributed by atoms with Crippen LogP contribution >= 0.6 is 0 Å². The zero-order valence-corrected chi connectivity index (χ0v) is 7.90. The maximum absolute atomic E-state index is 3.60. The topological polar surface area (TPSA) is 31.5 Å². The smallest absolute Gasteiger partial charge is 0 e. The van der Waals surface area contributed by atoms with Crippen molar-refractivity contribution in [2.75, 3.05) is 0 Å². The Bertz CT molecular complexity index is 172. The van der Waals surface area contributed by atoms with E-state index in [1.165, 1.54) is 0 Å². The van der Waals surface area contributed by atoms with E-state index in [1.54, 1.807) is 6.08 Å². The fourth-order valence-electron chi connectivity index (χ4n) is 0.534. The number of benzene rings is 1. The first-order valence-electron chi connectivity index (χ1n) is 2.52. The first-order chi connectivity index (χ1) is 3.93. The van der Waals surface area contributed by atoms with Crippen LogP contribution in [0.5, 0.6) is 0 Å². The van der Waals surface area contributed by atoms with Crippen molar-refractivity contribution in [3.8, 4) is 0 Å². The molecule has 0 unspecified atom stereocenters. The van der Waals surface area contributed by atoms with E-state index in [2.05, 4.69) is 12.6 Å². The minimum Gasteiger partial charge on any atom is -0.412 e. The van der Waals surface area contributed by atoms with Crippen LogP contribution in [0.3, 0.4) is 0 Å². The minimum atomic E-state index is 0. The molecule has 0 aliphatic carbocycles. The third-order valence-corrected chi connectivity index (χ3v) is 0.953. The summed E-state index contributed by atoms with van der Waals surface area (Å²) in [6.45, 7) is 3.60. The van der Waals surface area contributed by atoms with Gasteiger partial charge < -0.3 is 5.48 Å². The van der Waals surface area contributed by atoms with Gasteiger partial charge in [-0.3, -0.25) is 0 Å². The summed E-state index contributed by atoms with van der Waals surface area (Å²) in [4.78, 5) is 0. The van der Waals surface area contributed by atoms with Gasteiger partial charge >= 0.3 is 0 Å². The predicted octanol–water partition coefficient (Wildman–Crippen LogP) is 1.31. The van der Waals surface area contributed by atoms with Crippen LogP contribution in [0.1, 0.15) is 5.56 Å². The molecule has 2 heteroatoms. The first-order valence-corrected chi connectivity index (χ1v) is 2.52. The van der Waals surface area contributed by atoms with Crippen LogP contribution in [0.2, 0.25) is 0 Å². The van der Waals surface area contributed by atoms with Crippen molar-refractivity contribution in [2.24, 2.45) is 0 Å². The Labute approximate surface area is 102 Å². The molecule has 0 fully saturated rings. The van der Waals surface area contributed by atoms with Crippen molar-refractivity contribution in [1.29, 1.82) is 0 Å². The molecule has 2 N–H and O–H groups in total. The molecule has 0 atom stereocenters. The van der Waals surface area contributed by atoms with Crippen molar-refractivity contribution >= 4 is 6.08 Å². The number of hydrogen-bond acceptors (Lipinski definition) is 0. The maximum atomic E-state index is 3.60. The Morgan fingerprint density at radius 1 is 1.40 bits per heavy atom. The van der Waals surface area contributed by atoms with Gasteiger partial charge in [-0.2, -0.15) is 5.56 Å². The molecule has 1 aromatic rings. The third kappa shape index (κ3) is 4.34. The van der Waals surface area contributed by atoms with Crippen LogP contribution in [-0.4, -0.2) is 5.48 Å². The summed E-state index contributed by atoms with van der Waals surface area (Å²) in [5.74, 6) is 0. The summed E-state index contributed by atoms with van der Waals surface area (Å²) in [5.41, 5.74) is 1.05. The van der Waals surface area contributed by atoms with E-state index in [1.807, 2.05) is 24.3 Å². The molecular formula is C8H9EuO-. The fraction of sp³-hybridized carbons (Fsp3) is 0. The summed E-state index contributed by atoms with van der Waals surface area (Å²) in [5, 5.41) is 0. The Morgan fingerprint density at radius 3 is 2.40 bits per heavy atom. The second kappa shape index (κ2) is 7.61. The summed E-state index contributed by atoms with van der Waals surface area (Å²) in [7, 11) is 0. The molecule has 1 nitrogen and oxygen atoms in total. The summed E-state index contributed by atoms with van der Waals surface area (Å²) in [6, 6.07) is 10.7. The molecule has 0 saturated carbocycles. The molecular weight excluding hydrogens is 264 g/mol. The normalized spacial score (nSPS) is 6.80. The average Bonchev–Trinajstić information content (AvgIpc) is 1.90. The Balaban J connectivity index is 0. The number of hydrogen-bond donors (Lipinski definition) is 0. The zero-order chi connectivity index (χ0) is 5.82. The van der Waals surface area contributed by atoms with Gasteiger partial charge in [-0.1, -0.05) is 0 Å². The van der Waals surface area contributed by atoms with Crippen LogP contribution in [0.4, 0.5) is 0 Å². The standard InChI is InChI=1S/C8H7.Eu.H2O/c1-2-8-6-4-3-5-7-8;;/h2-6H,1H2;;1H2/q-1;;. The molecule has 0 bridgehead atoms. The summed E-state index contributed by atoms with van der Waals surface area (Å²) >= 11 is 0. The van der Waals surface area contributed by atoms with Gasteiger partial charge in [-0.15, -0.1) is 43.0 Å². The van der Waals surface area contributed by atoms with Gasteiger partial charge in [0.15, 0.2) is 0 Å². The van der Waals surface area contributed by atoms with Crippen LogP contribution < -0.4 is 0 Å². The fourth-order valence-corrected chi connectivity index (χ4v) is 0.534. The molecule has 0 aliphatic heterocycles. The summed E-state index contributed by atoms with van der Waals surface area (Å²) < 4.78 is 0. The first kappa shape index (κ1) is 13.1. The van der Waals surface area contributed by atoms with E-state index in [0.717, 1.165) is 5.56 Å². The van der Waals surface area contributed by atoms with Gasteiger partial charge in [0.2, 0.25) is 0 Å². The molecule has 0 amide bonds. The molecule has 0 heterocycles. The van der Waals surface area contributed by atoms with Crippen molar-refractivity contribution in [3.05, 3.63) is 42.5 Å². The Morgan fingerprint density at radius 2 is 2.10 bits per heavy atom. The Kier molecular flexibility index (Phi) is 9.98. The Hall–Kier alpha value is 0.504. The van der Waals surface area contributed by atoms with Gasteiger partial charge in [0.25, 0.3) is 0 Å². The summed E-state index contributed by atoms with van der Waals surface area (Å²) in [6.07, 6.45) is 1.78. The van der Waals surface area contributed by atoms with E-state index in [4.69, 9.17) is 0 Å². The second-order valence-electron chi connectivity index (χ2n) is 1.52. The molecule has 1 aromatic carbocycles. The van der Waals surface area contributed by atoms with Crippen molar-refractivity contribution < 1.29 is 54.9 Å². The van der Waals surface area contributed by atoms with Crippen LogP contribution in [0.15, 0.2) is 30.8 Å². The van der Waals surface area contributed by atoms with E-state index >= 15 is 0 Å². The molecule has 0 saturated heterocycles.